The number of nitrogens with zero attached hydrogens (tertiary/aromatic N) is 4. The molecule has 0 radical (unpaired) electrons. The maximum atomic E-state index is 12.3. The van der Waals surface area contributed by atoms with E-state index < -0.39 is 0 Å². The molecule has 42 heavy (non-hydrogen) atoms. The molecule has 218 valence electrons. The molecule has 6 rings (SSSR count). The Hall–Kier alpha value is -4.19. The number of hydrogen-bond donors (Lipinski definition) is 0. The van der Waals surface area contributed by atoms with Crippen LogP contribution < -0.4 is 0 Å². The first-order valence-electron chi connectivity index (χ1n) is 15.2. The van der Waals surface area contributed by atoms with E-state index in [0.717, 1.165) is 78.0 Å². The van der Waals surface area contributed by atoms with Gasteiger partial charge in [-0.1, -0.05) is 69.3 Å². The number of allylic oxidation sites excluding steroid dienone is 4. The number of aromatic nitrogens is 2. The van der Waals surface area contributed by atoms with Crippen LogP contribution in [0.2, 0.25) is 0 Å². The second-order valence-corrected chi connectivity index (χ2v) is 10.8. The van der Waals surface area contributed by atoms with Crippen molar-refractivity contribution in [3.8, 4) is 0 Å². The molecule has 0 amide bonds. The van der Waals surface area contributed by atoms with Crippen LogP contribution in [0, 0.1) is 6.92 Å². The molecule has 0 N–H and O–H groups in total. The number of rotatable bonds is 7. The average Bonchev–Trinajstić information content (AvgIpc) is 3.55. The Morgan fingerprint density at radius 1 is 1.07 bits per heavy atom. The van der Waals surface area contributed by atoms with E-state index in [0.29, 0.717) is 5.57 Å². The van der Waals surface area contributed by atoms with E-state index in [1.165, 1.54) is 23.9 Å². The Kier molecular flexibility index (Phi) is 8.91. The van der Waals surface area contributed by atoms with Crippen LogP contribution in [0.15, 0.2) is 83.0 Å². The molecule has 3 aliphatic rings. The Morgan fingerprint density at radius 3 is 2.55 bits per heavy atom. The third-order valence-corrected chi connectivity index (χ3v) is 8.11. The summed E-state index contributed by atoms with van der Waals surface area (Å²) in [6, 6.07) is 13.3. The molecule has 0 bridgehead atoms. The summed E-state index contributed by atoms with van der Waals surface area (Å²) in [5, 5.41) is 0. The van der Waals surface area contributed by atoms with Crippen molar-refractivity contribution in [2.45, 2.75) is 72.4 Å². The van der Waals surface area contributed by atoms with E-state index >= 15 is 0 Å². The predicted molar refractivity (Wildman–Crippen MR) is 173 cm³/mol. The normalized spacial score (nSPS) is 17.6. The van der Waals surface area contributed by atoms with Gasteiger partial charge in [0.1, 0.15) is 11.7 Å². The van der Waals surface area contributed by atoms with Gasteiger partial charge >= 0.3 is 5.97 Å². The standard InChI is InChI=1S/C34H36N4O2.C2H6/c1-5-10-31-36-32-22(2)19-25(33-35-28-13-8-9-14-29(28)37(33)3)20-30(32)38(31)21-23-15-17-24(18-16-23)26-11-6-7-12-27(26)34(39)40-4;1-2/h8-9,11-12,14-20,28H,5-7,10,13,21H2,1-4H3;1-2H3. The van der Waals surface area contributed by atoms with Crippen molar-refractivity contribution in [3.63, 3.8) is 0 Å². The third kappa shape index (κ3) is 5.50. The number of carbonyl (C=O) groups excluding carboxylic acids is 1. The summed E-state index contributed by atoms with van der Waals surface area (Å²) in [6.45, 7) is 9.09. The van der Waals surface area contributed by atoms with Crippen LogP contribution in [0.3, 0.4) is 0 Å². The maximum absolute atomic E-state index is 12.3. The molecule has 1 aromatic heterocycles. The smallest absolute Gasteiger partial charge is 0.338 e. The molecular formula is C36H42N4O2. The van der Waals surface area contributed by atoms with Crippen LogP contribution >= 0.6 is 0 Å². The molecule has 3 aromatic rings. The van der Waals surface area contributed by atoms with Crippen molar-refractivity contribution < 1.29 is 9.53 Å². The Bertz CT molecular complexity index is 1630. The number of fused-ring (bicyclic) bond motifs is 2. The van der Waals surface area contributed by atoms with Gasteiger partial charge in [-0.15, -0.1) is 0 Å². The molecule has 6 nitrogen and oxygen atoms in total. The second-order valence-electron chi connectivity index (χ2n) is 10.8. The fourth-order valence-corrected chi connectivity index (χ4v) is 6.07. The molecule has 1 aliphatic heterocycles. The number of esters is 1. The molecule has 0 saturated heterocycles. The Morgan fingerprint density at radius 2 is 1.83 bits per heavy atom. The Labute approximate surface area is 249 Å². The summed E-state index contributed by atoms with van der Waals surface area (Å²) in [7, 11) is 3.56. The number of hydrogen-bond acceptors (Lipinski definition) is 5. The fraction of sp³-hybridized carbons (Fsp3) is 0.361. The molecule has 2 aromatic carbocycles. The summed E-state index contributed by atoms with van der Waals surface area (Å²) >= 11 is 0. The maximum Gasteiger partial charge on any atom is 0.338 e. The minimum atomic E-state index is -0.278. The quantitative estimate of drug-likeness (QED) is 0.279. The lowest BCUT2D eigenvalue weighted by Crippen LogP contribution is -2.24. The lowest BCUT2D eigenvalue weighted by atomic mass is 9.91. The zero-order chi connectivity index (χ0) is 29.8. The molecule has 1 unspecified atom stereocenters. The van der Waals surface area contributed by atoms with Crippen LogP contribution in [0.5, 0.6) is 0 Å². The van der Waals surface area contributed by atoms with Crippen LogP contribution in [-0.2, 0) is 22.5 Å². The van der Waals surface area contributed by atoms with Gasteiger partial charge in [0.2, 0.25) is 0 Å². The van der Waals surface area contributed by atoms with Crippen LogP contribution in [0.25, 0.3) is 16.6 Å². The molecule has 6 heteroatoms. The minimum absolute atomic E-state index is 0.203. The first kappa shape index (κ1) is 29.3. The first-order chi connectivity index (χ1) is 20.5. The number of aliphatic imine (C=N–C) groups is 1. The highest BCUT2D eigenvalue weighted by molar-refractivity contribution is 6.06. The minimum Gasteiger partial charge on any atom is -0.465 e. The van der Waals surface area contributed by atoms with Crippen LogP contribution in [-0.4, -0.2) is 46.5 Å². The number of imidazole rings is 1. The van der Waals surface area contributed by atoms with Gasteiger partial charge < -0.3 is 14.2 Å². The second kappa shape index (κ2) is 12.8. The van der Waals surface area contributed by atoms with Crippen molar-refractivity contribution in [3.05, 3.63) is 106 Å². The van der Waals surface area contributed by atoms with E-state index in [1.807, 2.05) is 19.9 Å². The van der Waals surface area contributed by atoms with Crippen molar-refractivity contribution in [2.75, 3.05) is 14.2 Å². The average molecular weight is 563 g/mol. The molecule has 0 fully saturated rings. The molecule has 0 spiro atoms. The van der Waals surface area contributed by atoms with Gasteiger partial charge in [-0.3, -0.25) is 4.99 Å². The number of methoxy groups -OCH3 is 1. The highest BCUT2D eigenvalue weighted by atomic mass is 16.5. The number of ether oxygens (including phenoxy) is 1. The van der Waals surface area contributed by atoms with E-state index in [4.69, 9.17) is 14.7 Å². The zero-order valence-corrected chi connectivity index (χ0v) is 25.8. The lowest BCUT2D eigenvalue weighted by molar-refractivity contribution is -0.135. The van der Waals surface area contributed by atoms with E-state index in [-0.39, 0.29) is 12.0 Å². The van der Waals surface area contributed by atoms with E-state index in [2.05, 4.69) is 91.1 Å². The molecule has 2 aliphatic carbocycles. The van der Waals surface area contributed by atoms with Crippen molar-refractivity contribution in [1.82, 2.24) is 14.5 Å². The third-order valence-electron chi connectivity index (χ3n) is 8.11. The Balaban J connectivity index is 0.00000173. The van der Waals surface area contributed by atoms with Gasteiger partial charge in [-0.2, -0.15) is 0 Å². The summed E-state index contributed by atoms with van der Waals surface area (Å²) < 4.78 is 7.40. The number of likely N-dealkylation sites (N-methyl/N-ethyl adjacent to an activating group) is 1. The first-order valence-corrected chi connectivity index (χ1v) is 15.2. The summed E-state index contributed by atoms with van der Waals surface area (Å²) in [5.41, 5.74) is 9.61. The summed E-state index contributed by atoms with van der Waals surface area (Å²) in [5.74, 6) is 1.85. The highest BCUT2D eigenvalue weighted by Gasteiger charge is 2.30. The van der Waals surface area contributed by atoms with Gasteiger partial charge in [0.15, 0.2) is 0 Å². The largest absolute Gasteiger partial charge is 0.465 e. The zero-order valence-electron chi connectivity index (χ0n) is 25.8. The molecule has 0 saturated carbocycles. The van der Waals surface area contributed by atoms with Crippen molar-refractivity contribution in [1.29, 1.82) is 0 Å². The number of aryl methyl sites for hydroxylation is 2. The molecule has 1 atom stereocenters. The van der Waals surface area contributed by atoms with Crippen molar-refractivity contribution in [2.24, 2.45) is 4.99 Å². The number of benzene rings is 2. The molecule has 2 heterocycles. The lowest BCUT2D eigenvalue weighted by Gasteiger charge is -2.20. The highest BCUT2D eigenvalue weighted by Crippen LogP contribution is 2.32. The van der Waals surface area contributed by atoms with E-state index in [9.17, 15) is 4.79 Å². The SMILES string of the molecule is CC.CCCc1nc2c(C)cc(C3=NC4CC=CC=C4N3C)cc2n1Cc1ccc(C2=CCCC=C2C(=O)OC)cc1. The van der Waals surface area contributed by atoms with Gasteiger partial charge in [0, 0.05) is 31.3 Å². The van der Waals surface area contributed by atoms with Crippen LogP contribution in [0.1, 0.15) is 74.5 Å². The number of amidine groups is 1. The molecular weight excluding hydrogens is 520 g/mol. The van der Waals surface area contributed by atoms with Crippen molar-refractivity contribution >= 4 is 28.4 Å². The summed E-state index contributed by atoms with van der Waals surface area (Å²) in [6.07, 6.45) is 15.3. The van der Waals surface area contributed by atoms with Gasteiger partial charge in [-0.25, -0.2) is 9.78 Å². The van der Waals surface area contributed by atoms with Gasteiger partial charge in [-0.05, 0) is 73.1 Å². The topological polar surface area (TPSA) is 59.7 Å². The number of carbonyl (C=O) groups is 1. The fourth-order valence-electron chi connectivity index (χ4n) is 6.07. The van der Waals surface area contributed by atoms with Gasteiger partial charge in [0.25, 0.3) is 0 Å². The van der Waals surface area contributed by atoms with Crippen LogP contribution in [0.4, 0.5) is 0 Å². The predicted octanol–water partition coefficient (Wildman–Crippen LogP) is 7.55. The monoisotopic (exact) mass is 562 g/mol. The van der Waals surface area contributed by atoms with Gasteiger partial charge in [0.05, 0.1) is 29.8 Å². The van der Waals surface area contributed by atoms with E-state index in [1.54, 1.807) is 0 Å². The summed E-state index contributed by atoms with van der Waals surface area (Å²) in [4.78, 5) is 24.8.